The zero-order valence-corrected chi connectivity index (χ0v) is 9.23. The van der Waals surface area contributed by atoms with Crippen molar-refractivity contribution in [1.29, 1.82) is 0 Å². The van der Waals surface area contributed by atoms with E-state index in [9.17, 15) is 4.79 Å². The van der Waals surface area contributed by atoms with E-state index in [4.69, 9.17) is 9.47 Å². The van der Waals surface area contributed by atoms with Crippen molar-refractivity contribution in [1.82, 2.24) is 0 Å². The van der Waals surface area contributed by atoms with E-state index in [1.165, 1.54) is 0 Å². The highest BCUT2D eigenvalue weighted by Gasteiger charge is 2.02. The van der Waals surface area contributed by atoms with Gasteiger partial charge in [0.25, 0.3) is 0 Å². The fraction of sp³-hybridized carbons (Fsp3) is 0.154. The number of carbonyl (C=O) groups is 1. The Hall–Kier alpha value is -2.03. The summed E-state index contributed by atoms with van der Waals surface area (Å²) in [6, 6.07) is 7.39. The predicted molar refractivity (Wildman–Crippen MR) is 63.2 cm³/mol. The average Bonchev–Trinajstić information content (AvgIpc) is 2.35. The van der Waals surface area contributed by atoms with E-state index in [0.29, 0.717) is 0 Å². The Balaban J connectivity index is 2.59. The standard InChI is InChI=1S/C13H14O3/c1-4-13(14)16-9-10(2)11-5-7-12(15-3)8-6-11/h4-8H,1-2,9H2,3H3. The summed E-state index contributed by atoms with van der Waals surface area (Å²) in [5.74, 6) is 0.328. The molecule has 0 aliphatic carbocycles. The third kappa shape index (κ3) is 3.28. The minimum absolute atomic E-state index is 0.164. The van der Waals surface area contributed by atoms with Gasteiger partial charge in [0.1, 0.15) is 12.4 Å². The molecule has 0 saturated carbocycles. The van der Waals surface area contributed by atoms with Crippen molar-refractivity contribution in [3.05, 3.63) is 49.1 Å². The van der Waals surface area contributed by atoms with Crippen LogP contribution in [0.15, 0.2) is 43.5 Å². The molecule has 0 aliphatic heterocycles. The van der Waals surface area contributed by atoms with E-state index in [-0.39, 0.29) is 6.61 Å². The monoisotopic (exact) mass is 218 g/mol. The molecule has 0 N–H and O–H groups in total. The molecule has 0 heterocycles. The number of hydrogen-bond donors (Lipinski definition) is 0. The van der Waals surface area contributed by atoms with Gasteiger partial charge in [0.2, 0.25) is 0 Å². The number of hydrogen-bond acceptors (Lipinski definition) is 3. The van der Waals surface area contributed by atoms with Crippen LogP contribution in [0.5, 0.6) is 5.75 Å². The fourth-order valence-electron chi connectivity index (χ4n) is 1.13. The molecule has 0 saturated heterocycles. The summed E-state index contributed by atoms with van der Waals surface area (Å²) in [5.41, 5.74) is 1.65. The van der Waals surface area contributed by atoms with Crippen LogP contribution >= 0.6 is 0 Å². The second-order valence-corrected chi connectivity index (χ2v) is 3.14. The molecule has 0 spiro atoms. The Morgan fingerprint density at radius 3 is 2.50 bits per heavy atom. The molecule has 0 unspecified atom stereocenters. The van der Waals surface area contributed by atoms with Gasteiger partial charge in [-0.25, -0.2) is 4.79 Å². The van der Waals surface area contributed by atoms with Crippen molar-refractivity contribution in [2.45, 2.75) is 0 Å². The Kier molecular flexibility index (Phi) is 4.33. The molecule has 0 aliphatic rings. The number of esters is 1. The van der Waals surface area contributed by atoms with Gasteiger partial charge in [-0.05, 0) is 23.3 Å². The average molecular weight is 218 g/mol. The SMILES string of the molecule is C=CC(=O)OCC(=C)c1ccc(OC)cc1. The van der Waals surface area contributed by atoms with Crippen molar-refractivity contribution in [3.8, 4) is 5.75 Å². The first-order valence-corrected chi connectivity index (χ1v) is 4.78. The molecule has 0 bridgehead atoms. The van der Waals surface area contributed by atoms with Crippen molar-refractivity contribution in [2.75, 3.05) is 13.7 Å². The number of methoxy groups -OCH3 is 1. The number of carbonyl (C=O) groups excluding carboxylic acids is 1. The van der Waals surface area contributed by atoms with Gasteiger partial charge in [-0.15, -0.1) is 0 Å². The van der Waals surface area contributed by atoms with E-state index in [0.717, 1.165) is 23.0 Å². The Bertz CT molecular complexity index is 390. The Morgan fingerprint density at radius 2 is 2.00 bits per heavy atom. The highest BCUT2D eigenvalue weighted by Crippen LogP contribution is 2.17. The first kappa shape index (κ1) is 12.0. The van der Waals surface area contributed by atoms with E-state index in [1.807, 2.05) is 24.3 Å². The minimum Gasteiger partial charge on any atom is -0.497 e. The maximum absolute atomic E-state index is 10.8. The molecule has 0 aromatic heterocycles. The summed E-state index contributed by atoms with van der Waals surface area (Å²) in [5, 5.41) is 0. The summed E-state index contributed by atoms with van der Waals surface area (Å²) in [7, 11) is 1.61. The first-order valence-electron chi connectivity index (χ1n) is 4.78. The summed E-state index contributed by atoms with van der Waals surface area (Å²) in [6.45, 7) is 7.31. The predicted octanol–water partition coefficient (Wildman–Crippen LogP) is 2.44. The number of ether oxygens (including phenoxy) is 2. The van der Waals surface area contributed by atoms with Crippen LogP contribution in [-0.4, -0.2) is 19.7 Å². The maximum Gasteiger partial charge on any atom is 0.330 e. The van der Waals surface area contributed by atoms with E-state index >= 15 is 0 Å². The molecule has 0 fully saturated rings. The first-order chi connectivity index (χ1) is 7.67. The summed E-state index contributed by atoms with van der Waals surface area (Å²) in [6.07, 6.45) is 1.13. The van der Waals surface area contributed by atoms with Crippen molar-refractivity contribution >= 4 is 11.5 Å². The summed E-state index contributed by atoms with van der Waals surface area (Å²) >= 11 is 0. The maximum atomic E-state index is 10.8. The van der Waals surface area contributed by atoms with Crippen LogP contribution in [0.25, 0.3) is 5.57 Å². The van der Waals surface area contributed by atoms with Gasteiger partial charge in [0.15, 0.2) is 0 Å². The molecular weight excluding hydrogens is 204 g/mol. The highest BCUT2D eigenvalue weighted by molar-refractivity contribution is 5.82. The second-order valence-electron chi connectivity index (χ2n) is 3.14. The van der Waals surface area contributed by atoms with Crippen LogP contribution in [0.4, 0.5) is 0 Å². The lowest BCUT2D eigenvalue weighted by Crippen LogP contribution is -2.03. The molecule has 3 heteroatoms. The van der Waals surface area contributed by atoms with E-state index in [2.05, 4.69) is 13.2 Å². The second kappa shape index (κ2) is 5.75. The quantitative estimate of drug-likeness (QED) is 0.562. The molecule has 0 amide bonds. The number of benzene rings is 1. The molecule has 1 aromatic carbocycles. The molecule has 1 aromatic rings. The molecule has 84 valence electrons. The molecular formula is C13H14O3. The lowest BCUT2D eigenvalue weighted by molar-refractivity contribution is -0.136. The zero-order chi connectivity index (χ0) is 12.0. The van der Waals surface area contributed by atoms with Gasteiger partial charge in [0, 0.05) is 6.08 Å². The highest BCUT2D eigenvalue weighted by atomic mass is 16.5. The molecule has 1 rings (SSSR count). The summed E-state index contributed by atoms with van der Waals surface area (Å²) in [4.78, 5) is 10.8. The van der Waals surface area contributed by atoms with Crippen LogP contribution in [-0.2, 0) is 9.53 Å². The molecule has 0 atom stereocenters. The third-order valence-corrected chi connectivity index (χ3v) is 2.05. The van der Waals surface area contributed by atoms with Gasteiger partial charge in [-0.3, -0.25) is 0 Å². The van der Waals surface area contributed by atoms with Crippen molar-refractivity contribution in [3.63, 3.8) is 0 Å². The lowest BCUT2D eigenvalue weighted by atomic mass is 10.1. The zero-order valence-electron chi connectivity index (χ0n) is 9.23. The van der Waals surface area contributed by atoms with Crippen LogP contribution in [0, 0.1) is 0 Å². The normalized spacial score (nSPS) is 9.31. The van der Waals surface area contributed by atoms with Crippen LogP contribution in [0.3, 0.4) is 0 Å². The van der Waals surface area contributed by atoms with E-state index in [1.54, 1.807) is 7.11 Å². The third-order valence-electron chi connectivity index (χ3n) is 2.05. The molecule has 3 nitrogen and oxygen atoms in total. The molecule has 16 heavy (non-hydrogen) atoms. The van der Waals surface area contributed by atoms with Crippen LogP contribution in [0.1, 0.15) is 5.56 Å². The smallest absolute Gasteiger partial charge is 0.330 e. The topological polar surface area (TPSA) is 35.5 Å². The van der Waals surface area contributed by atoms with Gasteiger partial charge >= 0.3 is 5.97 Å². The molecule has 0 radical (unpaired) electrons. The largest absolute Gasteiger partial charge is 0.497 e. The Labute approximate surface area is 95.0 Å². The van der Waals surface area contributed by atoms with Gasteiger partial charge in [-0.1, -0.05) is 25.3 Å². The van der Waals surface area contributed by atoms with Crippen molar-refractivity contribution < 1.29 is 14.3 Å². The van der Waals surface area contributed by atoms with Crippen molar-refractivity contribution in [2.24, 2.45) is 0 Å². The number of rotatable bonds is 5. The van der Waals surface area contributed by atoms with Gasteiger partial charge < -0.3 is 9.47 Å². The van der Waals surface area contributed by atoms with Crippen LogP contribution < -0.4 is 4.74 Å². The van der Waals surface area contributed by atoms with Gasteiger partial charge in [0.05, 0.1) is 7.11 Å². The van der Waals surface area contributed by atoms with E-state index < -0.39 is 5.97 Å². The Morgan fingerprint density at radius 1 is 1.38 bits per heavy atom. The van der Waals surface area contributed by atoms with Gasteiger partial charge in [-0.2, -0.15) is 0 Å². The summed E-state index contributed by atoms with van der Waals surface area (Å²) < 4.78 is 9.91. The minimum atomic E-state index is -0.449. The lowest BCUT2D eigenvalue weighted by Gasteiger charge is -2.07. The fourth-order valence-corrected chi connectivity index (χ4v) is 1.13. The van der Waals surface area contributed by atoms with Crippen LogP contribution in [0.2, 0.25) is 0 Å².